The Bertz CT molecular complexity index is 763. The van der Waals surface area contributed by atoms with E-state index in [2.05, 4.69) is 26.8 Å². The van der Waals surface area contributed by atoms with Crippen molar-refractivity contribution in [3.63, 3.8) is 0 Å². The van der Waals surface area contributed by atoms with E-state index in [1.165, 1.54) is 20.3 Å². The Hall–Kier alpha value is -2.07. The van der Waals surface area contributed by atoms with Crippen LogP contribution in [0, 0.1) is 0 Å². The third kappa shape index (κ3) is 7.16. The van der Waals surface area contributed by atoms with Crippen molar-refractivity contribution >= 4 is 31.9 Å². The molecule has 12 heteroatoms. The molecule has 0 aromatic carbocycles. The zero-order valence-electron chi connectivity index (χ0n) is 16.8. The molecule has 4 N–H and O–H groups in total. The summed E-state index contributed by atoms with van der Waals surface area (Å²) in [5.41, 5.74) is 6.17. The molecule has 3 atom stereocenters. The summed E-state index contributed by atoms with van der Waals surface area (Å²) in [5.74, 6) is 0.0371. The quantitative estimate of drug-likeness (QED) is 0.209. The molecule has 0 spiro atoms. The number of nitrogens with two attached hydrogens (primary N) is 1. The molecule has 0 amide bonds. The van der Waals surface area contributed by atoms with Gasteiger partial charge in [0, 0.05) is 7.05 Å². The van der Waals surface area contributed by atoms with E-state index in [0.29, 0.717) is 18.1 Å². The van der Waals surface area contributed by atoms with Crippen molar-refractivity contribution in [2.75, 3.05) is 13.4 Å². The van der Waals surface area contributed by atoms with Crippen molar-refractivity contribution in [3.8, 4) is 0 Å². The van der Waals surface area contributed by atoms with Gasteiger partial charge in [0.1, 0.15) is 23.9 Å². The topological polar surface area (TPSA) is 153 Å². The van der Waals surface area contributed by atoms with Crippen molar-refractivity contribution in [1.29, 1.82) is 0 Å². The van der Waals surface area contributed by atoms with Crippen LogP contribution in [0.1, 0.15) is 33.4 Å². The molecule has 158 valence electrons. The minimum Gasteiger partial charge on any atom is -0.462 e. The summed E-state index contributed by atoms with van der Waals surface area (Å²) in [6, 6.07) is -0.943. The minimum absolute atomic E-state index is 0.223. The number of hydrogen-bond acceptors (Lipinski definition) is 7. The molecule has 0 aliphatic heterocycles. The number of aliphatic imine (C=N–C) groups is 2. The van der Waals surface area contributed by atoms with Crippen LogP contribution >= 0.6 is 7.52 Å². The molecule has 28 heavy (non-hydrogen) atoms. The average Bonchev–Trinajstić information content (AvgIpc) is 3.00. The average molecular weight is 416 g/mol. The first-order valence-electron chi connectivity index (χ1n) is 8.66. The number of esters is 1. The van der Waals surface area contributed by atoms with Crippen LogP contribution in [0.2, 0.25) is 0 Å². The number of ether oxygens (including phenoxy) is 2. The molecule has 0 radical (unpaired) electrons. The van der Waals surface area contributed by atoms with E-state index in [9.17, 15) is 14.3 Å². The maximum Gasteiger partial charge on any atom is 0.323 e. The van der Waals surface area contributed by atoms with E-state index in [4.69, 9.17) is 15.2 Å². The molecule has 0 fully saturated rings. The third-order valence-electron chi connectivity index (χ3n) is 3.53. The summed E-state index contributed by atoms with van der Waals surface area (Å²) in [4.78, 5) is 33.7. The van der Waals surface area contributed by atoms with Crippen LogP contribution in [0.4, 0.5) is 5.82 Å². The first kappa shape index (κ1) is 24.0. The smallest absolute Gasteiger partial charge is 0.323 e. The number of imidazole rings is 1. The summed E-state index contributed by atoms with van der Waals surface area (Å²) in [7, 11) is -2.37. The molecule has 0 aliphatic rings. The highest BCUT2D eigenvalue weighted by molar-refractivity contribution is 7.55. The van der Waals surface area contributed by atoms with E-state index in [1.54, 1.807) is 25.3 Å². The van der Waals surface area contributed by atoms with Gasteiger partial charge in [-0.25, -0.2) is 15.1 Å². The van der Waals surface area contributed by atoms with Crippen LogP contribution in [0.5, 0.6) is 0 Å². The SMILES string of the molecule is C=Nc1c(/C(N)=N\C)ncn1C[C@@H](C)OCP(=O)(O)N[C@H](C)C(=O)OC(C)C. The molecule has 0 aliphatic carbocycles. The molecule has 1 unspecified atom stereocenters. The number of nitrogens with one attached hydrogen (secondary N) is 1. The summed E-state index contributed by atoms with van der Waals surface area (Å²) in [5, 5.41) is 2.36. The van der Waals surface area contributed by atoms with Crippen molar-refractivity contribution in [3.05, 3.63) is 12.0 Å². The monoisotopic (exact) mass is 416 g/mol. The Morgan fingerprint density at radius 3 is 2.64 bits per heavy atom. The van der Waals surface area contributed by atoms with Gasteiger partial charge >= 0.3 is 5.97 Å². The lowest BCUT2D eigenvalue weighted by molar-refractivity contribution is -0.149. The summed E-state index contributed by atoms with van der Waals surface area (Å²) >= 11 is 0. The van der Waals surface area contributed by atoms with E-state index in [0.717, 1.165) is 0 Å². The zero-order chi connectivity index (χ0) is 21.5. The minimum atomic E-state index is -3.91. The van der Waals surface area contributed by atoms with Crippen LogP contribution in [0.3, 0.4) is 0 Å². The zero-order valence-corrected chi connectivity index (χ0v) is 17.7. The predicted octanol–water partition coefficient (Wildman–Crippen LogP) is 1.03. The van der Waals surface area contributed by atoms with Crippen LogP contribution in [0.25, 0.3) is 0 Å². The number of carbonyl (C=O) groups is 1. The van der Waals surface area contributed by atoms with Gasteiger partial charge in [0.15, 0.2) is 5.82 Å². The third-order valence-corrected chi connectivity index (χ3v) is 4.82. The van der Waals surface area contributed by atoms with Gasteiger partial charge in [-0.15, -0.1) is 0 Å². The largest absolute Gasteiger partial charge is 0.462 e. The fraction of sp³-hybridized carbons (Fsp3) is 0.625. The van der Waals surface area contributed by atoms with Crippen molar-refractivity contribution in [1.82, 2.24) is 14.6 Å². The first-order chi connectivity index (χ1) is 13.0. The van der Waals surface area contributed by atoms with Gasteiger partial charge in [-0.3, -0.25) is 14.4 Å². The second-order valence-corrected chi connectivity index (χ2v) is 8.40. The lowest BCUT2D eigenvalue weighted by Gasteiger charge is -2.21. The van der Waals surface area contributed by atoms with E-state index >= 15 is 0 Å². The van der Waals surface area contributed by atoms with Crippen LogP contribution < -0.4 is 10.8 Å². The number of amidine groups is 1. The van der Waals surface area contributed by atoms with E-state index in [1.807, 2.05) is 0 Å². The Morgan fingerprint density at radius 2 is 2.11 bits per heavy atom. The van der Waals surface area contributed by atoms with Gasteiger partial charge in [-0.05, 0) is 34.4 Å². The number of carbonyl (C=O) groups excluding carboxylic acids is 1. The molecular weight excluding hydrogens is 387 g/mol. The predicted molar refractivity (Wildman–Crippen MR) is 107 cm³/mol. The fourth-order valence-corrected chi connectivity index (χ4v) is 3.49. The number of nitrogens with zero attached hydrogens (tertiary/aromatic N) is 4. The Balaban J connectivity index is 2.66. The van der Waals surface area contributed by atoms with Gasteiger partial charge in [0.2, 0.25) is 0 Å². The van der Waals surface area contributed by atoms with E-state index in [-0.39, 0.29) is 11.9 Å². The second kappa shape index (κ2) is 10.5. The summed E-state index contributed by atoms with van der Waals surface area (Å²) in [6.45, 7) is 10.4. The molecule has 1 rings (SSSR count). The Kier molecular flexibility index (Phi) is 8.96. The molecule has 1 heterocycles. The Labute approximate surface area is 164 Å². The van der Waals surface area contributed by atoms with Crippen LogP contribution in [-0.2, 0) is 25.4 Å². The van der Waals surface area contributed by atoms with Gasteiger partial charge < -0.3 is 24.7 Å². The molecule has 0 saturated carbocycles. The normalized spacial score (nSPS) is 16.5. The fourth-order valence-electron chi connectivity index (χ4n) is 2.25. The molecule has 11 nitrogen and oxygen atoms in total. The first-order valence-corrected chi connectivity index (χ1v) is 10.5. The highest BCUT2D eigenvalue weighted by Gasteiger charge is 2.27. The second-order valence-electron chi connectivity index (χ2n) is 6.48. The highest BCUT2D eigenvalue weighted by Crippen LogP contribution is 2.36. The number of aromatic nitrogens is 2. The van der Waals surface area contributed by atoms with Crippen molar-refractivity contribution in [2.45, 2.75) is 52.5 Å². The molecule has 0 bridgehead atoms. The van der Waals surface area contributed by atoms with Gasteiger partial charge in [0.25, 0.3) is 7.52 Å². The number of rotatable bonds is 11. The molecular formula is C16H29N6O5P. The standard InChI is InChI=1S/C16H29N6O5P/c1-10(2)27-16(23)12(4)21-28(24,25)9-26-11(3)7-22-8-20-13(14(17)18-5)15(22)19-6/h8,10-12H,6-7,9H2,1-5H3,(H2,17,18)(H2,21,24,25)/t11-,12-/m1/s1. The van der Waals surface area contributed by atoms with Gasteiger partial charge in [-0.1, -0.05) is 0 Å². The van der Waals surface area contributed by atoms with Crippen molar-refractivity contribution < 1.29 is 23.7 Å². The Morgan fingerprint density at radius 1 is 1.46 bits per heavy atom. The lowest BCUT2D eigenvalue weighted by atomic mass is 10.3. The molecule has 0 saturated heterocycles. The lowest BCUT2D eigenvalue weighted by Crippen LogP contribution is -2.35. The van der Waals surface area contributed by atoms with Gasteiger partial charge in [0.05, 0.1) is 25.1 Å². The maximum absolute atomic E-state index is 12.3. The summed E-state index contributed by atoms with van der Waals surface area (Å²) in [6.07, 6.45) is 0.260. The van der Waals surface area contributed by atoms with Gasteiger partial charge in [-0.2, -0.15) is 0 Å². The van der Waals surface area contributed by atoms with Crippen molar-refractivity contribution in [2.24, 2.45) is 15.7 Å². The van der Waals surface area contributed by atoms with E-state index < -0.39 is 32.0 Å². The maximum atomic E-state index is 12.3. The molecule has 1 aromatic heterocycles. The highest BCUT2D eigenvalue weighted by atomic mass is 31.2. The number of hydrogen-bond donors (Lipinski definition) is 3. The molecule has 1 aromatic rings. The summed E-state index contributed by atoms with van der Waals surface area (Å²) < 4.78 is 24.4. The van der Waals surface area contributed by atoms with Crippen LogP contribution in [0.15, 0.2) is 16.3 Å². The van der Waals surface area contributed by atoms with Crippen LogP contribution in [-0.4, -0.2) is 64.6 Å².